The number of para-hydroxylation sites is 2. The van der Waals surface area contributed by atoms with E-state index in [0.717, 1.165) is 27.8 Å². The van der Waals surface area contributed by atoms with E-state index in [1.54, 1.807) is 18.2 Å². The topological polar surface area (TPSA) is 87.5 Å². The SMILES string of the molecule is CC(C)(C)N1CC(C(=O)Nc2ccc(Br)cc2)C(c2ccc(/C=C/C(=O)Nc3ccccc3N)cc2)C1. The lowest BCUT2D eigenvalue weighted by molar-refractivity contribution is -0.120. The lowest BCUT2D eigenvalue weighted by atomic mass is 9.88. The van der Waals surface area contributed by atoms with Crippen molar-refractivity contribution in [3.63, 3.8) is 0 Å². The van der Waals surface area contributed by atoms with E-state index in [-0.39, 0.29) is 29.2 Å². The van der Waals surface area contributed by atoms with Gasteiger partial charge >= 0.3 is 0 Å². The number of halogens is 1. The van der Waals surface area contributed by atoms with Crippen molar-refractivity contribution in [1.82, 2.24) is 4.90 Å². The zero-order chi connectivity index (χ0) is 26.6. The fraction of sp³-hybridized carbons (Fsp3) is 0.267. The second kappa shape index (κ2) is 11.3. The van der Waals surface area contributed by atoms with Crippen molar-refractivity contribution in [2.24, 2.45) is 5.92 Å². The molecule has 0 saturated carbocycles. The van der Waals surface area contributed by atoms with Crippen LogP contribution >= 0.6 is 15.9 Å². The number of nitrogens with two attached hydrogens (primary N) is 1. The maximum absolute atomic E-state index is 13.4. The predicted octanol–water partition coefficient (Wildman–Crippen LogP) is 6.14. The predicted molar refractivity (Wildman–Crippen MR) is 155 cm³/mol. The second-order valence-corrected chi connectivity index (χ2v) is 11.3. The number of carbonyl (C=O) groups is 2. The Kier molecular flexibility index (Phi) is 8.15. The third kappa shape index (κ3) is 6.87. The molecule has 3 aromatic rings. The van der Waals surface area contributed by atoms with Gasteiger partial charge in [0.15, 0.2) is 0 Å². The maximum Gasteiger partial charge on any atom is 0.248 e. The number of nitrogens with one attached hydrogen (secondary N) is 2. The highest BCUT2D eigenvalue weighted by atomic mass is 79.9. The number of hydrogen-bond donors (Lipinski definition) is 3. The Morgan fingerprint density at radius 3 is 2.27 bits per heavy atom. The van der Waals surface area contributed by atoms with Crippen LogP contribution in [0.4, 0.5) is 17.1 Å². The lowest BCUT2D eigenvalue weighted by Gasteiger charge is -2.31. The summed E-state index contributed by atoms with van der Waals surface area (Å²) in [5.41, 5.74) is 9.77. The molecule has 4 N–H and O–H groups in total. The smallest absolute Gasteiger partial charge is 0.248 e. The molecule has 1 fully saturated rings. The number of carbonyl (C=O) groups excluding carboxylic acids is 2. The van der Waals surface area contributed by atoms with Gasteiger partial charge in [-0.15, -0.1) is 0 Å². The van der Waals surface area contributed by atoms with Crippen LogP contribution in [0.3, 0.4) is 0 Å². The van der Waals surface area contributed by atoms with Crippen LogP contribution in [0.1, 0.15) is 37.8 Å². The number of benzene rings is 3. The average molecular weight is 562 g/mol. The zero-order valence-corrected chi connectivity index (χ0v) is 23.0. The minimum absolute atomic E-state index is 0.0277. The van der Waals surface area contributed by atoms with Gasteiger partial charge in [-0.1, -0.05) is 52.3 Å². The van der Waals surface area contributed by atoms with Crippen LogP contribution in [-0.4, -0.2) is 35.3 Å². The summed E-state index contributed by atoms with van der Waals surface area (Å²) < 4.78 is 0.971. The Labute approximate surface area is 227 Å². The molecule has 0 bridgehead atoms. The Balaban J connectivity index is 1.47. The van der Waals surface area contributed by atoms with E-state index in [2.05, 4.69) is 64.4 Å². The van der Waals surface area contributed by atoms with E-state index in [1.807, 2.05) is 48.5 Å². The van der Waals surface area contributed by atoms with Crippen LogP contribution in [0.5, 0.6) is 0 Å². The number of anilines is 3. The first-order chi connectivity index (χ1) is 17.6. The molecular weight excluding hydrogens is 528 g/mol. The molecule has 0 spiro atoms. The molecule has 0 aromatic heterocycles. The number of amides is 2. The highest BCUT2D eigenvalue weighted by molar-refractivity contribution is 9.10. The number of nitrogens with zero attached hydrogens (tertiary/aromatic N) is 1. The van der Waals surface area contributed by atoms with Gasteiger partial charge in [-0.3, -0.25) is 14.5 Å². The Morgan fingerprint density at radius 1 is 0.946 bits per heavy atom. The molecule has 1 aliphatic rings. The quantitative estimate of drug-likeness (QED) is 0.250. The van der Waals surface area contributed by atoms with Crippen LogP contribution in [0, 0.1) is 5.92 Å². The molecule has 4 rings (SSSR count). The first-order valence-corrected chi connectivity index (χ1v) is 13.1. The summed E-state index contributed by atoms with van der Waals surface area (Å²) in [6.45, 7) is 8.04. The monoisotopic (exact) mass is 560 g/mol. The molecule has 6 nitrogen and oxygen atoms in total. The van der Waals surface area contributed by atoms with Gasteiger partial charge < -0.3 is 16.4 Å². The van der Waals surface area contributed by atoms with E-state index in [1.165, 1.54) is 6.08 Å². The van der Waals surface area contributed by atoms with Crippen molar-refractivity contribution in [1.29, 1.82) is 0 Å². The van der Waals surface area contributed by atoms with Crippen LogP contribution < -0.4 is 16.4 Å². The first kappa shape index (κ1) is 26.6. The van der Waals surface area contributed by atoms with Gasteiger partial charge in [0.2, 0.25) is 11.8 Å². The average Bonchev–Trinajstić information content (AvgIpc) is 3.32. The van der Waals surface area contributed by atoms with E-state index in [4.69, 9.17) is 5.73 Å². The van der Waals surface area contributed by atoms with Crippen molar-refractivity contribution in [3.05, 3.63) is 94.5 Å². The third-order valence-corrected chi connectivity index (χ3v) is 7.26. The van der Waals surface area contributed by atoms with Crippen LogP contribution in [0.15, 0.2) is 83.3 Å². The number of nitrogen functional groups attached to an aromatic ring is 1. The summed E-state index contributed by atoms with van der Waals surface area (Å²) in [6.07, 6.45) is 3.26. The summed E-state index contributed by atoms with van der Waals surface area (Å²) >= 11 is 3.44. The molecule has 2 atom stereocenters. The summed E-state index contributed by atoms with van der Waals surface area (Å²) in [6, 6.07) is 22.9. The standard InChI is InChI=1S/C30H33BrN4O2/c1-30(2,3)35-18-24(25(19-35)29(37)33-23-15-13-22(31)14-16-23)21-11-8-20(9-12-21)10-17-28(36)34-27-7-5-4-6-26(27)32/h4-17,24-25H,18-19,32H2,1-3H3,(H,33,37)(H,34,36)/b17-10+. The Hall–Kier alpha value is -3.42. The van der Waals surface area contributed by atoms with Crippen molar-refractivity contribution in [3.8, 4) is 0 Å². The van der Waals surface area contributed by atoms with Crippen LogP contribution in [0.25, 0.3) is 6.08 Å². The van der Waals surface area contributed by atoms with Gasteiger partial charge in [0, 0.05) is 40.8 Å². The molecule has 1 saturated heterocycles. The van der Waals surface area contributed by atoms with Crippen molar-refractivity contribution in [2.75, 3.05) is 29.5 Å². The van der Waals surface area contributed by atoms with Crippen LogP contribution in [-0.2, 0) is 9.59 Å². The molecular formula is C30H33BrN4O2. The second-order valence-electron chi connectivity index (χ2n) is 10.4. The largest absolute Gasteiger partial charge is 0.397 e. The molecule has 2 unspecified atom stereocenters. The lowest BCUT2D eigenvalue weighted by Crippen LogP contribution is -2.40. The molecule has 1 aliphatic heterocycles. The fourth-order valence-corrected chi connectivity index (χ4v) is 4.80. The summed E-state index contributed by atoms with van der Waals surface area (Å²) in [7, 11) is 0. The zero-order valence-electron chi connectivity index (χ0n) is 21.4. The molecule has 2 amide bonds. The van der Waals surface area contributed by atoms with E-state index in [9.17, 15) is 9.59 Å². The van der Waals surface area contributed by atoms with Crippen molar-refractivity contribution in [2.45, 2.75) is 32.2 Å². The molecule has 192 valence electrons. The summed E-state index contributed by atoms with van der Waals surface area (Å²) in [4.78, 5) is 28.1. The first-order valence-electron chi connectivity index (χ1n) is 12.3. The number of rotatable bonds is 6. The highest BCUT2D eigenvalue weighted by Crippen LogP contribution is 2.37. The summed E-state index contributed by atoms with van der Waals surface area (Å²) in [5.74, 6) is -0.327. The Morgan fingerprint density at radius 2 is 1.62 bits per heavy atom. The minimum atomic E-state index is -0.247. The van der Waals surface area contributed by atoms with Gasteiger partial charge in [-0.25, -0.2) is 0 Å². The van der Waals surface area contributed by atoms with Crippen molar-refractivity contribution < 1.29 is 9.59 Å². The minimum Gasteiger partial charge on any atom is -0.397 e. The maximum atomic E-state index is 13.4. The molecule has 1 heterocycles. The molecule has 37 heavy (non-hydrogen) atoms. The van der Waals surface area contributed by atoms with E-state index < -0.39 is 0 Å². The third-order valence-electron chi connectivity index (χ3n) is 6.73. The number of hydrogen-bond acceptors (Lipinski definition) is 4. The van der Waals surface area contributed by atoms with Gasteiger partial charge in [-0.2, -0.15) is 0 Å². The normalized spacial score (nSPS) is 18.2. The van der Waals surface area contributed by atoms with E-state index in [0.29, 0.717) is 17.9 Å². The van der Waals surface area contributed by atoms with Crippen LogP contribution in [0.2, 0.25) is 0 Å². The molecule has 7 heteroatoms. The van der Waals surface area contributed by atoms with Crippen molar-refractivity contribution >= 4 is 50.9 Å². The number of likely N-dealkylation sites (tertiary alicyclic amines) is 1. The molecule has 3 aromatic carbocycles. The molecule has 0 radical (unpaired) electrons. The van der Waals surface area contributed by atoms with Gasteiger partial charge in [0.25, 0.3) is 0 Å². The van der Waals surface area contributed by atoms with Gasteiger partial charge in [0.1, 0.15) is 0 Å². The molecule has 0 aliphatic carbocycles. The van der Waals surface area contributed by atoms with Gasteiger partial charge in [-0.05, 0) is 74.4 Å². The highest BCUT2D eigenvalue weighted by Gasteiger charge is 2.42. The van der Waals surface area contributed by atoms with E-state index >= 15 is 0 Å². The fourth-order valence-electron chi connectivity index (χ4n) is 4.53. The Bertz CT molecular complexity index is 1280. The van der Waals surface area contributed by atoms with Gasteiger partial charge in [0.05, 0.1) is 17.3 Å². The summed E-state index contributed by atoms with van der Waals surface area (Å²) in [5, 5.41) is 5.89.